The number of Topliss-reactive ketones (excluding diaryl/α,β-unsaturated/α-hetero) is 2. The van der Waals surface area contributed by atoms with Gasteiger partial charge in [0.2, 0.25) is 0 Å². The lowest BCUT2D eigenvalue weighted by molar-refractivity contribution is -0.117. The molecule has 32 heavy (non-hydrogen) atoms. The zero-order valence-electron chi connectivity index (χ0n) is 18.1. The van der Waals surface area contributed by atoms with E-state index in [0.29, 0.717) is 36.3 Å². The van der Waals surface area contributed by atoms with Crippen LogP contribution in [0.15, 0.2) is 69.6 Å². The Morgan fingerprint density at radius 1 is 0.906 bits per heavy atom. The van der Waals surface area contributed by atoms with Gasteiger partial charge in [0.05, 0.1) is 5.92 Å². The van der Waals surface area contributed by atoms with E-state index in [1.165, 1.54) is 5.56 Å². The van der Waals surface area contributed by atoms with Crippen LogP contribution >= 0.6 is 15.9 Å². The number of allylic oxidation sites excluding steroid dienone is 4. The lowest BCUT2D eigenvalue weighted by atomic mass is 9.73. The number of halogens is 1. The van der Waals surface area contributed by atoms with E-state index in [1.54, 1.807) is 0 Å². The molecule has 2 aromatic carbocycles. The zero-order valence-corrected chi connectivity index (χ0v) is 19.7. The first-order valence-corrected chi connectivity index (χ1v) is 12.0. The Kier molecular flexibility index (Phi) is 5.76. The molecule has 0 amide bonds. The summed E-state index contributed by atoms with van der Waals surface area (Å²) in [6.07, 6.45) is 4.02. The van der Waals surface area contributed by atoms with Gasteiger partial charge in [-0.15, -0.1) is 0 Å². The molecular weight excluding hydrogens is 468 g/mol. The number of rotatable bonds is 4. The van der Waals surface area contributed by atoms with Crippen molar-refractivity contribution in [3.05, 3.63) is 86.3 Å². The standard InChI is InChI=1S/C27H25BrO4/c1-16-8-10-17(11-9-16)15-31-22-13-12-18(28)14-19(22)25-26-20(29)4-2-6-23(26)32-24-7-3-5-21(30)27(24)25/h8-14,25H,2-7,15H2,1H3. The van der Waals surface area contributed by atoms with Crippen LogP contribution in [0.5, 0.6) is 5.75 Å². The maximum atomic E-state index is 13.1. The molecular formula is C27H25BrO4. The normalized spacial score (nSPS) is 18.9. The zero-order chi connectivity index (χ0) is 22.2. The van der Waals surface area contributed by atoms with Gasteiger partial charge >= 0.3 is 0 Å². The first-order chi connectivity index (χ1) is 15.5. The number of hydrogen-bond acceptors (Lipinski definition) is 4. The summed E-state index contributed by atoms with van der Waals surface area (Å²) >= 11 is 3.58. The van der Waals surface area contributed by atoms with E-state index in [4.69, 9.17) is 9.47 Å². The lowest BCUT2D eigenvalue weighted by Crippen LogP contribution is -2.30. The fourth-order valence-corrected chi connectivity index (χ4v) is 5.23. The Hall–Kier alpha value is -2.66. The van der Waals surface area contributed by atoms with Crippen molar-refractivity contribution < 1.29 is 19.1 Å². The SMILES string of the molecule is Cc1ccc(COc2ccc(Br)cc2C2C3=C(CCCC3=O)OC3=C2C(=O)CCC3)cc1. The number of ketones is 2. The molecule has 2 aliphatic carbocycles. The minimum atomic E-state index is -0.431. The lowest BCUT2D eigenvalue weighted by Gasteiger charge is -2.36. The van der Waals surface area contributed by atoms with Gasteiger partial charge in [-0.3, -0.25) is 9.59 Å². The molecule has 0 aromatic heterocycles. The monoisotopic (exact) mass is 492 g/mol. The predicted molar refractivity (Wildman–Crippen MR) is 125 cm³/mol. The van der Waals surface area contributed by atoms with Crippen molar-refractivity contribution in [1.82, 2.24) is 0 Å². The van der Waals surface area contributed by atoms with Gasteiger partial charge in [0.15, 0.2) is 11.6 Å². The van der Waals surface area contributed by atoms with Gasteiger partial charge in [0, 0.05) is 46.9 Å². The van der Waals surface area contributed by atoms with E-state index in [2.05, 4.69) is 47.1 Å². The van der Waals surface area contributed by atoms with Crippen LogP contribution in [0.1, 0.15) is 61.1 Å². The molecule has 0 N–H and O–H groups in total. The highest BCUT2D eigenvalue weighted by molar-refractivity contribution is 9.10. The topological polar surface area (TPSA) is 52.6 Å². The molecule has 0 atom stereocenters. The van der Waals surface area contributed by atoms with Crippen molar-refractivity contribution in [3.63, 3.8) is 0 Å². The number of benzene rings is 2. The summed E-state index contributed by atoms with van der Waals surface area (Å²) in [5.41, 5.74) is 4.40. The molecule has 4 nitrogen and oxygen atoms in total. The molecule has 1 aliphatic heterocycles. The highest BCUT2D eigenvalue weighted by Gasteiger charge is 2.42. The van der Waals surface area contributed by atoms with Crippen molar-refractivity contribution in [2.45, 2.75) is 58.0 Å². The van der Waals surface area contributed by atoms with Gasteiger partial charge in [-0.25, -0.2) is 0 Å². The van der Waals surface area contributed by atoms with Gasteiger partial charge in [0.1, 0.15) is 23.9 Å². The highest BCUT2D eigenvalue weighted by atomic mass is 79.9. The molecule has 164 valence electrons. The average Bonchev–Trinajstić information content (AvgIpc) is 2.78. The van der Waals surface area contributed by atoms with Crippen LogP contribution in [0.3, 0.4) is 0 Å². The molecule has 3 aliphatic rings. The van der Waals surface area contributed by atoms with Crippen LogP contribution in [0.25, 0.3) is 0 Å². The van der Waals surface area contributed by atoms with Crippen molar-refractivity contribution in [2.75, 3.05) is 0 Å². The molecule has 5 rings (SSSR count). The minimum Gasteiger partial charge on any atom is -0.489 e. The number of aryl methyl sites for hydroxylation is 1. The first kappa shape index (κ1) is 21.2. The molecule has 0 bridgehead atoms. The van der Waals surface area contributed by atoms with Gasteiger partial charge in [-0.05, 0) is 43.5 Å². The first-order valence-electron chi connectivity index (χ1n) is 11.2. The van der Waals surface area contributed by atoms with Crippen LogP contribution < -0.4 is 4.74 Å². The third-order valence-electron chi connectivity index (χ3n) is 6.44. The smallest absolute Gasteiger partial charge is 0.163 e. The van der Waals surface area contributed by atoms with E-state index in [0.717, 1.165) is 52.8 Å². The molecule has 2 aromatic rings. The van der Waals surface area contributed by atoms with Crippen molar-refractivity contribution in [2.24, 2.45) is 0 Å². The summed E-state index contributed by atoms with van der Waals surface area (Å²) in [5.74, 6) is 1.89. The summed E-state index contributed by atoms with van der Waals surface area (Å²) in [4.78, 5) is 26.2. The number of ether oxygens (including phenoxy) is 2. The summed E-state index contributed by atoms with van der Waals surface area (Å²) in [7, 11) is 0. The van der Waals surface area contributed by atoms with Crippen molar-refractivity contribution >= 4 is 27.5 Å². The Morgan fingerprint density at radius 3 is 2.16 bits per heavy atom. The molecule has 1 heterocycles. The Labute approximate surface area is 196 Å². The van der Waals surface area contributed by atoms with Crippen LogP contribution in [0.4, 0.5) is 0 Å². The largest absolute Gasteiger partial charge is 0.489 e. The third kappa shape index (κ3) is 3.95. The van der Waals surface area contributed by atoms with Crippen molar-refractivity contribution in [1.29, 1.82) is 0 Å². The van der Waals surface area contributed by atoms with Crippen molar-refractivity contribution in [3.8, 4) is 5.75 Å². The van der Waals surface area contributed by atoms with E-state index in [9.17, 15) is 9.59 Å². The highest BCUT2D eigenvalue weighted by Crippen LogP contribution is 2.50. The fraction of sp³-hybridized carbons (Fsp3) is 0.333. The van der Waals surface area contributed by atoms with Crippen LogP contribution in [-0.2, 0) is 20.9 Å². The van der Waals surface area contributed by atoms with E-state index in [1.807, 2.05) is 18.2 Å². The Bertz CT molecular complexity index is 1110. The maximum Gasteiger partial charge on any atom is 0.163 e. The second-order valence-electron chi connectivity index (χ2n) is 8.72. The van der Waals surface area contributed by atoms with Gasteiger partial charge in [0.25, 0.3) is 0 Å². The van der Waals surface area contributed by atoms with Gasteiger partial charge in [-0.2, -0.15) is 0 Å². The fourth-order valence-electron chi connectivity index (χ4n) is 4.85. The molecule has 0 spiro atoms. The summed E-state index contributed by atoms with van der Waals surface area (Å²) < 4.78 is 13.3. The Balaban J connectivity index is 1.59. The number of carbonyl (C=O) groups excluding carboxylic acids is 2. The summed E-state index contributed by atoms with van der Waals surface area (Å²) in [6.45, 7) is 2.47. The van der Waals surface area contributed by atoms with E-state index in [-0.39, 0.29) is 11.6 Å². The molecule has 5 heteroatoms. The summed E-state index contributed by atoms with van der Waals surface area (Å²) in [5, 5.41) is 0. The van der Waals surface area contributed by atoms with E-state index >= 15 is 0 Å². The average molecular weight is 493 g/mol. The molecule has 0 saturated heterocycles. The van der Waals surface area contributed by atoms with Gasteiger partial charge < -0.3 is 9.47 Å². The third-order valence-corrected chi connectivity index (χ3v) is 6.93. The second kappa shape index (κ2) is 8.70. The molecule has 0 radical (unpaired) electrons. The quantitative estimate of drug-likeness (QED) is 0.490. The van der Waals surface area contributed by atoms with E-state index < -0.39 is 5.92 Å². The van der Waals surface area contributed by atoms with Crippen LogP contribution in [-0.4, -0.2) is 11.6 Å². The number of carbonyl (C=O) groups is 2. The van der Waals surface area contributed by atoms with Gasteiger partial charge in [-0.1, -0.05) is 45.8 Å². The number of hydrogen-bond donors (Lipinski definition) is 0. The predicted octanol–water partition coefficient (Wildman–Crippen LogP) is 6.46. The Morgan fingerprint density at radius 2 is 1.53 bits per heavy atom. The molecule has 0 fully saturated rings. The van der Waals surface area contributed by atoms with Crippen LogP contribution in [0, 0.1) is 6.92 Å². The molecule has 0 unspecified atom stereocenters. The minimum absolute atomic E-state index is 0.0747. The maximum absolute atomic E-state index is 13.1. The van der Waals surface area contributed by atoms with Crippen LogP contribution in [0.2, 0.25) is 0 Å². The second-order valence-corrected chi connectivity index (χ2v) is 9.63. The molecule has 0 saturated carbocycles. The summed E-state index contributed by atoms with van der Waals surface area (Å²) in [6, 6.07) is 14.1.